The Labute approximate surface area is 178 Å². The Balaban J connectivity index is 1.40. The summed E-state index contributed by atoms with van der Waals surface area (Å²) < 4.78 is 11.2. The molecule has 2 heterocycles. The zero-order valence-corrected chi connectivity index (χ0v) is 17.5. The van der Waals surface area contributed by atoms with Gasteiger partial charge < -0.3 is 19.9 Å². The third-order valence-corrected chi connectivity index (χ3v) is 5.08. The van der Waals surface area contributed by atoms with E-state index in [0.717, 1.165) is 43.9 Å². The molecule has 1 aliphatic rings. The van der Waals surface area contributed by atoms with Crippen molar-refractivity contribution in [3.8, 4) is 5.75 Å². The van der Waals surface area contributed by atoms with Gasteiger partial charge in [0.1, 0.15) is 11.9 Å². The topological polar surface area (TPSA) is 83.9 Å². The number of rotatable bonds is 10. The van der Waals surface area contributed by atoms with Crippen LogP contribution in [0.15, 0.2) is 48.7 Å². The summed E-state index contributed by atoms with van der Waals surface area (Å²) in [5.41, 5.74) is 1.63. The van der Waals surface area contributed by atoms with Gasteiger partial charge in [-0.15, -0.1) is 0 Å². The lowest BCUT2D eigenvalue weighted by atomic mass is 10.1. The minimum Gasteiger partial charge on any atom is -0.490 e. The maximum atomic E-state index is 12.2. The highest BCUT2D eigenvalue weighted by Gasteiger charge is 2.21. The average Bonchev–Trinajstić information content (AvgIpc) is 2.78. The van der Waals surface area contributed by atoms with Crippen molar-refractivity contribution >= 4 is 5.91 Å². The largest absolute Gasteiger partial charge is 0.490 e. The Kier molecular flexibility index (Phi) is 8.62. The zero-order chi connectivity index (χ0) is 21.2. The van der Waals surface area contributed by atoms with Gasteiger partial charge in [-0.05, 0) is 56.2 Å². The van der Waals surface area contributed by atoms with Crippen molar-refractivity contribution < 1.29 is 19.4 Å². The highest BCUT2D eigenvalue weighted by atomic mass is 16.5. The highest BCUT2D eigenvalue weighted by Crippen LogP contribution is 2.20. The number of hydrogen-bond acceptors (Lipinski definition) is 6. The number of carbonyl (C=O) groups is 1. The van der Waals surface area contributed by atoms with E-state index in [0.29, 0.717) is 12.2 Å². The third kappa shape index (κ3) is 7.09. The molecule has 0 spiro atoms. The standard InChI is InChI=1S/C23H31N3O4/c1-2-29-17-20(27)15-25-23(28)18-6-8-21(9-7-18)30-22-10-13-26(14-11-22)16-19-5-3-4-12-24-19/h3-9,12,20,22,27H,2,10-11,13-17H2,1H3,(H,25,28)/t20-/m1/s1. The molecule has 3 rings (SSSR count). The zero-order valence-electron chi connectivity index (χ0n) is 17.5. The first-order chi connectivity index (χ1) is 14.6. The molecule has 162 valence electrons. The Morgan fingerprint density at radius 3 is 2.67 bits per heavy atom. The van der Waals surface area contributed by atoms with E-state index in [4.69, 9.17) is 9.47 Å². The number of piperidine rings is 1. The van der Waals surface area contributed by atoms with E-state index in [9.17, 15) is 9.90 Å². The van der Waals surface area contributed by atoms with E-state index in [-0.39, 0.29) is 25.2 Å². The Hall–Kier alpha value is -2.48. The maximum Gasteiger partial charge on any atom is 0.251 e. The number of nitrogens with zero attached hydrogens (tertiary/aromatic N) is 2. The van der Waals surface area contributed by atoms with Gasteiger partial charge in [0.15, 0.2) is 0 Å². The second-order valence-electron chi connectivity index (χ2n) is 7.46. The SMILES string of the molecule is CCOC[C@H](O)CNC(=O)c1ccc(OC2CCN(Cc3ccccn3)CC2)cc1. The van der Waals surface area contributed by atoms with E-state index >= 15 is 0 Å². The van der Waals surface area contributed by atoms with Gasteiger partial charge in [-0.1, -0.05) is 6.07 Å². The summed E-state index contributed by atoms with van der Waals surface area (Å²) in [6, 6.07) is 13.2. The second kappa shape index (κ2) is 11.6. The summed E-state index contributed by atoms with van der Waals surface area (Å²) in [6.07, 6.45) is 3.23. The summed E-state index contributed by atoms with van der Waals surface area (Å²) in [7, 11) is 0. The van der Waals surface area contributed by atoms with Gasteiger partial charge in [0.25, 0.3) is 5.91 Å². The van der Waals surface area contributed by atoms with Crippen molar-refractivity contribution in [1.29, 1.82) is 0 Å². The van der Waals surface area contributed by atoms with E-state index in [2.05, 4.69) is 21.3 Å². The molecule has 0 unspecified atom stereocenters. The first-order valence-electron chi connectivity index (χ1n) is 10.6. The minimum atomic E-state index is -0.708. The molecule has 1 saturated heterocycles. The number of aliphatic hydroxyl groups excluding tert-OH is 1. The van der Waals surface area contributed by atoms with Crippen LogP contribution in [0.1, 0.15) is 35.8 Å². The number of benzene rings is 1. The smallest absolute Gasteiger partial charge is 0.251 e. The van der Waals surface area contributed by atoms with E-state index in [1.54, 1.807) is 12.1 Å². The monoisotopic (exact) mass is 413 g/mol. The number of ether oxygens (including phenoxy) is 2. The molecule has 0 bridgehead atoms. The quantitative estimate of drug-likeness (QED) is 0.622. The maximum absolute atomic E-state index is 12.2. The molecular formula is C23H31N3O4. The molecule has 0 aliphatic carbocycles. The predicted molar refractivity (Wildman–Crippen MR) is 114 cm³/mol. The van der Waals surface area contributed by atoms with Crippen LogP contribution < -0.4 is 10.1 Å². The number of carbonyl (C=O) groups excluding carboxylic acids is 1. The molecule has 0 radical (unpaired) electrons. The molecule has 2 N–H and O–H groups in total. The van der Waals surface area contributed by atoms with Crippen LogP contribution in [0, 0.1) is 0 Å². The molecule has 1 aliphatic heterocycles. The molecule has 1 aromatic carbocycles. The van der Waals surface area contributed by atoms with Gasteiger partial charge in [0.2, 0.25) is 0 Å². The van der Waals surface area contributed by atoms with Crippen molar-refractivity contribution in [2.24, 2.45) is 0 Å². The first kappa shape index (κ1) is 22.2. The van der Waals surface area contributed by atoms with Crippen LogP contribution in [0.4, 0.5) is 0 Å². The number of amides is 1. The molecule has 1 atom stereocenters. The van der Waals surface area contributed by atoms with Crippen molar-refractivity contribution in [3.63, 3.8) is 0 Å². The van der Waals surface area contributed by atoms with Crippen LogP contribution in [0.2, 0.25) is 0 Å². The molecule has 7 heteroatoms. The van der Waals surface area contributed by atoms with Crippen LogP contribution in [-0.4, -0.2) is 66.0 Å². The Morgan fingerprint density at radius 2 is 2.00 bits per heavy atom. The number of aromatic nitrogens is 1. The molecule has 2 aromatic rings. The van der Waals surface area contributed by atoms with Crippen LogP contribution >= 0.6 is 0 Å². The van der Waals surface area contributed by atoms with Crippen LogP contribution in [0.25, 0.3) is 0 Å². The third-order valence-electron chi connectivity index (χ3n) is 5.08. The number of likely N-dealkylation sites (tertiary alicyclic amines) is 1. The van der Waals surface area contributed by atoms with E-state index < -0.39 is 6.10 Å². The van der Waals surface area contributed by atoms with Gasteiger partial charge >= 0.3 is 0 Å². The molecule has 0 saturated carbocycles. The fraction of sp³-hybridized carbons (Fsp3) is 0.478. The van der Waals surface area contributed by atoms with E-state index in [1.165, 1.54) is 0 Å². The van der Waals surface area contributed by atoms with Gasteiger partial charge in [-0.25, -0.2) is 0 Å². The van der Waals surface area contributed by atoms with Gasteiger partial charge in [-0.3, -0.25) is 14.7 Å². The molecular weight excluding hydrogens is 382 g/mol. The van der Waals surface area contributed by atoms with Crippen molar-refractivity contribution in [2.45, 2.75) is 38.5 Å². The molecule has 7 nitrogen and oxygen atoms in total. The summed E-state index contributed by atoms with van der Waals surface area (Å²) in [4.78, 5) is 19.0. The van der Waals surface area contributed by atoms with Gasteiger partial charge in [0.05, 0.1) is 18.4 Å². The number of hydrogen-bond donors (Lipinski definition) is 2. The predicted octanol–water partition coefficient (Wildman–Crippen LogP) is 2.25. The number of pyridine rings is 1. The summed E-state index contributed by atoms with van der Waals surface area (Å²) in [5.74, 6) is 0.547. The lowest BCUT2D eigenvalue weighted by Crippen LogP contribution is -2.38. The van der Waals surface area contributed by atoms with Crippen LogP contribution in [0.3, 0.4) is 0 Å². The van der Waals surface area contributed by atoms with E-state index in [1.807, 2.05) is 37.4 Å². The van der Waals surface area contributed by atoms with Gasteiger partial charge in [-0.2, -0.15) is 0 Å². The van der Waals surface area contributed by atoms with Crippen molar-refractivity contribution in [1.82, 2.24) is 15.2 Å². The molecule has 1 fully saturated rings. The average molecular weight is 414 g/mol. The molecule has 1 aromatic heterocycles. The van der Waals surface area contributed by atoms with Crippen LogP contribution in [-0.2, 0) is 11.3 Å². The summed E-state index contributed by atoms with van der Waals surface area (Å²) >= 11 is 0. The van der Waals surface area contributed by atoms with Gasteiger partial charge in [0, 0.05) is 44.5 Å². The lowest BCUT2D eigenvalue weighted by Gasteiger charge is -2.31. The fourth-order valence-electron chi connectivity index (χ4n) is 3.41. The lowest BCUT2D eigenvalue weighted by molar-refractivity contribution is 0.0418. The number of aliphatic hydroxyl groups is 1. The first-order valence-corrected chi connectivity index (χ1v) is 10.6. The second-order valence-corrected chi connectivity index (χ2v) is 7.46. The Bertz CT molecular complexity index is 762. The highest BCUT2D eigenvalue weighted by molar-refractivity contribution is 5.94. The van der Waals surface area contributed by atoms with Crippen molar-refractivity contribution in [3.05, 3.63) is 59.9 Å². The van der Waals surface area contributed by atoms with Crippen LogP contribution in [0.5, 0.6) is 5.75 Å². The summed E-state index contributed by atoms with van der Waals surface area (Å²) in [5, 5.41) is 12.4. The van der Waals surface area contributed by atoms with Crippen molar-refractivity contribution in [2.75, 3.05) is 32.8 Å². The normalized spacial score (nSPS) is 16.2. The fourth-order valence-corrected chi connectivity index (χ4v) is 3.41. The Morgan fingerprint density at radius 1 is 1.23 bits per heavy atom. The number of nitrogens with one attached hydrogen (secondary N) is 1. The molecule has 30 heavy (non-hydrogen) atoms. The minimum absolute atomic E-state index is 0.161. The molecule has 1 amide bonds. The summed E-state index contributed by atoms with van der Waals surface area (Å²) in [6.45, 7) is 5.60.